The molecule has 1 N–H and O–H groups in total. The third-order valence-corrected chi connectivity index (χ3v) is 4.53. The van der Waals surface area contributed by atoms with Crippen LogP contribution in [0.15, 0.2) is 18.2 Å². The van der Waals surface area contributed by atoms with Gasteiger partial charge >= 0.3 is 6.18 Å². The van der Waals surface area contributed by atoms with E-state index in [1.54, 1.807) is 18.7 Å². The molecule has 0 unspecified atom stereocenters. The number of carbonyl (C=O) groups is 1. The maximum atomic E-state index is 13.0. The molecule has 2 rings (SSSR count). The van der Waals surface area contributed by atoms with Crippen molar-refractivity contribution in [1.29, 1.82) is 0 Å². The van der Waals surface area contributed by atoms with E-state index in [4.69, 9.17) is 11.6 Å². The van der Waals surface area contributed by atoms with E-state index >= 15 is 0 Å². The molecule has 0 atom stereocenters. The minimum absolute atomic E-state index is 0.0147. The van der Waals surface area contributed by atoms with Gasteiger partial charge in [0.05, 0.1) is 16.2 Å². The summed E-state index contributed by atoms with van der Waals surface area (Å²) in [7, 11) is 0. The molecule has 0 spiro atoms. The lowest BCUT2D eigenvalue weighted by Gasteiger charge is -2.39. The Morgan fingerprint density at radius 1 is 1.30 bits per heavy atom. The number of piperidine rings is 1. The van der Waals surface area contributed by atoms with Gasteiger partial charge in [0.2, 0.25) is 5.91 Å². The Morgan fingerprint density at radius 3 is 2.35 bits per heavy atom. The van der Waals surface area contributed by atoms with Gasteiger partial charge in [-0.1, -0.05) is 31.5 Å². The van der Waals surface area contributed by atoms with Crippen molar-refractivity contribution in [3.05, 3.63) is 34.3 Å². The van der Waals surface area contributed by atoms with E-state index < -0.39 is 22.4 Å². The molecule has 1 amide bonds. The summed E-state index contributed by atoms with van der Waals surface area (Å²) in [6, 6.07) is 3.48. The molecule has 1 aromatic rings. The van der Waals surface area contributed by atoms with Gasteiger partial charge in [-0.05, 0) is 30.5 Å². The van der Waals surface area contributed by atoms with E-state index in [-0.39, 0.29) is 30.2 Å². The standard InChI is InChI=1S/C16H19ClF3NO2/c1-10(2)14(22)21-7-5-15(23,6-8-21)11-3-4-13(17)12(9-11)16(18,19)20/h3-4,9-10,23H,5-8H2,1-2H3. The molecule has 1 aliphatic heterocycles. The summed E-state index contributed by atoms with van der Waals surface area (Å²) in [4.78, 5) is 13.6. The first-order chi connectivity index (χ1) is 10.5. The van der Waals surface area contributed by atoms with Crippen LogP contribution in [-0.4, -0.2) is 29.0 Å². The van der Waals surface area contributed by atoms with Crippen molar-refractivity contribution in [2.75, 3.05) is 13.1 Å². The van der Waals surface area contributed by atoms with Crippen molar-refractivity contribution < 1.29 is 23.1 Å². The monoisotopic (exact) mass is 349 g/mol. The van der Waals surface area contributed by atoms with Gasteiger partial charge in [0, 0.05) is 19.0 Å². The van der Waals surface area contributed by atoms with Crippen molar-refractivity contribution in [3.8, 4) is 0 Å². The van der Waals surface area contributed by atoms with Gasteiger partial charge in [-0.15, -0.1) is 0 Å². The first-order valence-electron chi connectivity index (χ1n) is 7.43. The Kier molecular flexibility index (Phi) is 4.97. The summed E-state index contributed by atoms with van der Waals surface area (Å²) in [5.41, 5.74) is -2.14. The Hall–Kier alpha value is -1.27. The molecule has 3 nitrogen and oxygen atoms in total. The van der Waals surface area contributed by atoms with E-state index in [1.807, 2.05) is 0 Å². The summed E-state index contributed by atoms with van der Waals surface area (Å²) in [5, 5.41) is 10.3. The van der Waals surface area contributed by atoms with Crippen molar-refractivity contribution in [2.45, 2.75) is 38.5 Å². The van der Waals surface area contributed by atoms with Crippen LogP contribution in [0.2, 0.25) is 5.02 Å². The van der Waals surface area contributed by atoms with Crippen LogP contribution in [-0.2, 0) is 16.6 Å². The second-order valence-corrected chi connectivity index (χ2v) is 6.61. The number of aliphatic hydroxyl groups is 1. The zero-order chi connectivity index (χ0) is 17.4. The fourth-order valence-electron chi connectivity index (χ4n) is 2.78. The molecular formula is C16H19ClF3NO2. The molecule has 0 radical (unpaired) electrons. The molecule has 7 heteroatoms. The summed E-state index contributed by atoms with van der Waals surface area (Å²) in [6.45, 7) is 4.21. The molecule has 1 aromatic carbocycles. The van der Waals surface area contributed by atoms with Crippen LogP contribution in [0.25, 0.3) is 0 Å². The van der Waals surface area contributed by atoms with Crippen LogP contribution in [0.3, 0.4) is 0 Å². The Balaban J connectivity index is 2.22. The zero-order valence-corrected chi connectivity index (χ0v) is 13.7. The average Bonchev–Trinajstić information content (AvgIpc) is 2.46. The van der Waals surface area contributed by atoms with Crippen LogP contribution in [0, 0.1) is 5.92 Å². The number of carbonyl (C=O) groups excluding carboxylic acids is 1. The molecule has 1 aliphatic rings. The van der Waals surface area contributed by atoms with Gasteiger partial charge in [-0.3, -0.25) is 4.79 Å². The fourth-order valence-corrected chi connectivity index (χ4v) is 3.01. The SMILES string of the molecule is CC(C)C(=O)N1CCC(O)(c2ccc(Cl)c(C(F)(F)F)c2)CC1. The Morgan fingerprint density at radius 2 is 1.87 bits per heavy atom. The van der Waals surface area contributed by atoms with Gasteiger partial charge in [-0.2, -0.15) is 13.2 Å². The summed E-state index contributed by atoms with van der Waals surface area (Å²) in [6.07, 6.45) is -4.17. The average molecular weight is 350 g/mol. The van der Waals surface area contributed by atoms with E-state index in [0.29, 0.717) is 13.1 Å². The van der Waals surface area contributed by atoms with Crippen LogP contribution in [0.4, 0.5) is 13.2 Å². The second kappa shape index (κ2) is 6.32. The predicted octanol–water partition coefficient (Wildman–Crippen LogP) is 3.82. The molecule has 0 bridgehead atoms. The summed E-state index contributed by atoms with van der Waals surface area (Å²) in [5.74, 6) is -0.160. The van der Waals surface area contributed by atoms with Gasteiger partial charge < -0.3 is 10.0 Å². The predicted molar refractivity (Wildman–Crippen MR) is 81.0 cm³/mol. The van der Waals surface area contributed by atoms with Gasteiger partial charge in [0.1, 0.15) is 0 Å². The maximum Gasteiger partial charge on any atom is 0.417 e. The van der Waals surface area contributed by atoms with E-state index in [1.165, 1.54) is 6.07 Å². The maximum absolute atomic E-state index is 13.0. The highest BCUT2D eigenvalue weighted by molar-refractivity contribution is 6.31. The lowest BCUT2D eigenvalue weighted by molar-refractivity contribution is -0.139. The lowest BCUT2D eigenvalue weighted by atomic mass is 9.83. The quantitative estimate of drug-likeness (QED) is 0.881. The molecule has 0 saturated carbocycles. The highest BCUT2D eigenvalue weighted by atomic mass is 35.5. The number of hydrogen-bond acceptors (Lipinski definition) is 2. The molecule has 0 aromatic heterocycles. The molecule has 0 aliphatic carbocycles. The number of nitrogens with zero attached hydrogens (tertiary/aromatic N) is 1. The van der Waals surface area contributed by atoms with Crippen LogP contribution >= 0.6 is 11.6 Å². The molecular weight excluding hydrogens is 331 g/mol. The van der Waals surface area contributed by atoms with Crippen molar-refractivity contribution in [3.63, 3.8) is 0 Å². The number of amides is 1. The molecule has 128 valence electrons. The highest BCUT2D eigenvalue weighted by Gasteiger charge is 2.39. The van der Waals surface area contributed by atoms with Crippen molar-refractivity contribution >= 4 is 17.5 Å². The number of likely N-dealkylation sites (tertiary alicyclic amines) is 1. The van der Waals surface area contributed by atoms with Crippen LogP contribution in [0.5, 0.6) is 0 Å². The van der Waals surface area contributed by atoms with E-state index in [0.717, 1.165) is 12.1 Å². The molecule has 1 saturated heterocycles. The Labute approximate surface area is 138 Å². The fraction of sp³-hybridized carbons (Fsp3) is 0.562. The lowest BCUT2D eigenvalue weighted by Crippen LogP contribution is -2.46. The first kappa shape index (κ1) is 18.1. The normalized spacial score (nSPS) is 18.3. The minimum Gasteiger partial charge on any atom is -0.385 e. The van der Waals surface area contributed by atoms with Gasteiger partial charge in [0.15, 0.2) is 0 Å². The van der Waals surface area contributed by atoms with Gasteiger partial charge in [0.25, 0.3) is 0 Å². The van der Waals surface area contributed by atoms with E-state index in [9.17, 15) is 23.1 Å². The first-order valence-corrected chi connectivity index (χ1v) is 7.81. The summed E-state index contributed by atoms with van der Waals surface area (Å²) < 4.78 is 38.9. The van der Waals surface area contributed by atoms with Crippen LogP contribution < -0.4 is 0 Å². The number of benzene rings is 1. The Bertz CT molecular complexity index is 593. The van der Waals surface area contributed by atoms with E-state index in [2.05, 4.69) is 0 Å². The third kappa shape index (κ3) is 3.80. The molecule has 1 heterocycles. The molecule has 1 fully saturated rings. The highest BCUT2D eigenvalue weighted by Crippen LogP contribution is 2.40. The second-order valence-electron chi connectivity index (χ2n) is 6.20. The largest absolute Gasteiger partial charge is 0.417 e. The summed E-state index contributed by atoms with van der Waals surface area (Å²) >= 11 is 5.61. The topological polar surface area (TPSA) is 40.5 Å². The van der Waals surface area contributed by atoms with Crippen molar-refractivity contribution in [2.24, 2.45) is 5.92 Å². The third-order valence-electron chi connectivity index (χ3n) is 4.21. The zero-order valence-electron chi connectivity index (χ0n) is 13.0. The number of rotatable bonds is 2. The number of alkyl halides is 3. The van der Waals surface area contributed by atoms with Gasteiger partial charge in [-0.25, -0.2) is 0 Å². The smallest absolute Gasteiger partial charge is 0.385 e. The number of halogens is 4. The number of hydrogen-bond donors (Lipinski definition) is 1. The van der Waals surface area contributed by atoms with Crippen LogP contribution in [0.1, 0.15) is 37.8 Å². The molecule has 23 heavy (non-hydrogen) atoms. The van der Waals surface area contributed by atoms with Crippen molar-refractivity contribution in [1.82, 2.24) is 4.90 Å². The minimum atomic E-state index is -4.57.